The van der Waals surface area contributed by atoms with Gasteiger partial charge in [0.15, 0.2) is 0 Å². The normalized spacial score (nSPS) is 13.0. The van der Waals surface area contributed by atoms with Gasteiger partial charge >= 0.3 is 5.97 Å². The first kappa shape index (κ1) is 60.8. The molecule has 0 saturated carbocycles. The molecule has 368 valence electrons. The van der Waals surface area contributed by atoms with E-state index in [1.54, 1.807) is 6.08 Å². The van der Waals surface area contributed by atoms with E-state index in [0.29, 0.717) is 19.4 Å². The van der Waals surface area contributed by atoms with E-state index >= 15 is 0 Å². The Labute approximate surface area is 391 Å². The van der Waals surface area contributed by atoms with Crippen molar-refractivity contribution >= 4 is 11.9 Å². The second kappa shape index (κ2) is 52.4. The quantitative estimate of drug-likeness (QED) is 0.0245. The SMILES string of the molecule is CCCCCCCC/C=C\CCCCCCCC(=O)OCCCCC/C=C\C=C/CCCCCCCCC(=O)NC(CO)C(O)/C=C/CCCCCCCCCCCCCCCC. The lowest BCUT2D eigenvalue weighted by atomic mass is 10.0. The van der Waals surface area contributed by atoms with Crippen LogP contribution in [0.1, 0.15) is 277 Å². The summed E-state index contributed by atoms with van der Waals surface area (Å²) >= 11 is 0. The van der Waals surface area contributed by atoms with E-state index in [0.717, 1.165) is 77.0 Å². The molecule has 0 aromatic carbocycles. The number of amides is 1. The molecule has 6 heteroatoms. The third-order valence-corrected chi connectivity index (χ3v) is 12.3. The van der Waals surface area contributed by atoms with Crippen LogP contribution in [0, 0.1) is 0 Å². The minimum Gasteiger partial charge on any atom is -0.466 e. The first-order valence-corrected chi connectivity index (χ1v) is 27.4. The van der Waals surface area contributed by atoms with E-state index < -0.39 is 12.1 Å². The first-order valence-electron chi connectivity index (χ1n) is 27.4. The van der Waals surface area contributed by atoms with Crippen molar-refractivity contribution < 1.29 is 24.5 Å². The number of aliphatic hydroxyl groups excluding tert-OH is 2. The number of aliphatic hydroxyl groups is 2. The van der Waals surface area contributed by atoms with Crippen molar-refractivity contribution in [3.63, 3.8) is 0 Å². The van der Waals surface area contributed by atoms with Crippen molar-refractivity contribution in [3.05, 3.63) is 48.6 Å². The molecule has 2 atom stereocenters. The summed E-state index contributed by atoms with van der Waals surface area (Å²) < 4.78 is 5.44. The Hall–Kier alpha value is -2.18. The van der Waals surface area contributed by atoms with Crippen LogP contribution in [0.25, 0.3) is 0 Å². The summed E-state index contributed by atoms with van der Waals surface area (Å²) in [5.41, 5.74) is 0. The number of allylic oxidation sites excluding steroid dienone is 7. The molecule has 0 aliphatic rings. The van der Waals surface area contributed by atoms with Crippen molar-refractivity contribution in [2.24, 2.45) is 0 Å². The van der Waals surface area contributed by atoms with Gasteiger partial charge in [-0.1, -0.05) is 223 Å². The van der Waals surface area contributed by atoms with E-state index in [1.165, 1.54) is 173 Å². The molecule has 3 N–H and O–H groups in total. The fourth-order valence-electron chi connectivity index (χ4n) is 8.09. The topological polar surface area (TPSA) is 95.9 Å². The second-order valence-corrected chi connectivity index (χ2v) is 18.6. The van der Waals surface area contributed by atoms with E-state index in [4.69, 9.17) is 4.74 Å². The number of unbranched alkanes of at least 4 members (excludes halogenated alkanes) is 34. The number of hydrogen-bond acceptors (Lipinski definition) is 5. The fraction of sp³-hybridized carbons (Fsp3) is 0.825. The molecular formula is C57H105NO5. The van der Waals surface area contributed by atoms with Crippen LogP contribution in [-0.2, 0) is 14.3 Å². The van der Waals surface area contributed by atoms with Gasteiger partial charge in [-0.3, -0.25) is 9.59 Å². The van der Waals surface area contributed by atoms with Gasteiger partial charge in [0.2, 0.25) is 5.91 Å². The molecule has 0 heterocycles. The van der Waals surface area contributed by atoms with Gasteiger partial charge in [-0.05, 0) is 89.9 Å². The lowest BCUT2D eigenvalue weighted by molar-refractivity contribution is -0.143. The molecule has 0 aromatic rings. The summed E-state index contributed by atoms with van der Waals surface area (Å²) in [5.74, 6) is -0.122. The number of carbonyl (C=O) groups is 2. The van der Waals surface area contributed by atoms with Crippen molar-refractivity contribution in [1.29, 1.82) is 0 Å². The molecule has 0 aliphatic carbocycles. The molecule has 0 saturated heterocycles. The number of rotatable bonds is 50. The Balaban J connectivity index is 3.56. The summed E-state index contributed by atoms with van der Waals surface area (Å²) in [6.07, 6.45) is 65.5. The third-order valence-electron chi connectivity index (χ3n) is 12.3. The van der Waals surface area contributed by atoms with Gasteiger partial charge in [-0.15, -0.1) is 0 Å². The Morgan fingerprint density at radius 3 is 1.22 bits per heavy atom. The van der Waals surface area contributed by atoms with Crippen molar-refractivity contribution in [1.82, 2.24) is 5.32 Å². The van der Waals surface area contributed by atoms with Crippen LogP contribution >= 0.6 is 0 Å². The monoisotopic (exact) mass is 884 g/mol. The molecule has 0 rings (SSSR count). The lowest BCUT2D eigenvalue weighted by Crippen LogP contribution is -2.45. The van der Waals surface area contributed by atoms with Crippen molar-refractivity contribution in [2.75, 3.05) is 13.2 Å². The van der Waals surface area contributed by atoms with Gasteiger partial charge < -0.3 is 20.3 Å². The number of nitrogens with one attached hydrogen (secondary N) is 1. The maximum absolute atomic E-state index is 12.4. The summed E-state index contributed by atoms with van der Waals surface area (Å²) in [6.45, 7) is 4.83. The Morgan fingerprint density at radius 2 is 0.794 bits per heavy atom. The third kappa shape index (κ3) is 49.1. The molecular weight excluding hydrogens is 779 g/mol. The molecule has 0 spiro atoms. The summed E-state index contributed by atoms with van der Waals surface area (Å²) in [7, 11) is 0. The van der Waals surface area contributed by atoms with Gasteiger partial charge in [0.25, 0.3) is 0 Å². The number of esters is 1. The predicted octanol–water partition coefficient (Wildman–Crippen LogP) is 16.6. The Morgan fingerprint density at radius 1 is 0.444 bits per heavy atom. The molecule has 1 amide bonds. The van der Waals surface area contributed by atoms with Crippen LogP contribution in [0.3, 0.4) is 0 Å². The number of hydrogen-bond donors (Lipinski definition) is 3. The Bertz CT molecular complexity index is 1070. The van der Waals surface area contributed by atoms with E-state index in [9.17, 15) is 19.8 Å². The van der Waals surface area contributed by atoms with Crippen molar-refractivity contribution in [2.45, 2.75) is 289 Å². The summed E-state index contributed by atoms with van der Waals surface area (Å²) in [4.78, 5) is 24.5. The van der Waals surface area contributed by atoms with E-state index in [2.05, 4.69) is 55.6 Å². The molecule has 0 fully saturated rings. The van der Waals surface area contributed by atoms with Gasteiger partial charge in [-0.25, -0.2) is 0 Å². The molecule has 0 aliphatic heterocycles. The largest absolute Gasteiger partial charge is 0.466 e. The second-order valence-electron chi connectivity index (χ2n) is 18.6. The first-order chi connectivity index (χ1) is 31.0. The molecule has 6 nitrogen and oxygen atoms in total. The van der Waals surface area contributed by atoms with Gasteiger partial charge in [0.1, 0.15) is 0 Å². The standard InChI is InChI=1S/C57H105NO5/c1-3-5-7-9-11-13-15-17-19-22-25-29-33-37-41-45-49-55(60)54(53-59)58-56(61)50-46-42-38-34-30-26-23-20-24-28-32-36-40-44-48-52-63-57(62)51-47-43-39-35-31-27-21-18-16-14-12-10-8-6-4-2/h18,20-21,24,28,32,45,49,54-55,59-60H,3-17,19,22-23,25-27,29-31,33-44,46-48,50-53H2,1-2H3,(H,58,61)/b21-18-,24-20-,32-28-,49-45+. The molecule has 2 unspecified atom stereocenters. The van der Waals surface area contributed by atoms with E-state index in [-0.39, 0.29) is 18.5 Å². The highest BCUT2D eigenvalue weighted by Crippen LogP contribution is 2.15. The number of ether oxygens (including phenoxy) is 1. The molecule has 63 heavy (non-hydrogen) atoms. The van der Waals surface area contributed by atoms with Crippen LogP contribution in [0.5, 0.6) is 0 Å². The maximum Gasteiger partial charge on any atom is 0.305 e. The molecule has 0 radical (unpaired) electrons. The van der Waals surface area contributed by atoms with Gasteiger partial charge in [0.05, 0.1) is 25.4 Å². The van der Waals surface area contributed by atoms with Crippen LogP contribution in [0.4, 0.5) is 0 Å². The zero-order valence-corrected chi connectivity index (χ0v) is 41.8. The summed E-state index contributed by atoms with van der Waals surface area (Å²) in [5, 5.41) is 23.1. The molecule has 0 aromatic heterocycles. The molecule has 0 bridgehead atoms. The highest BCUT2D eigenvalue weighted by molar-refractivity contribution is 5.76. The van der Waals surface area contributed by atoms with Crippen LogP contribution < -0.4 is 5.32 Å². The highest BCUT2D eigenvalue weighted by atomic mass is 16.5. The predicted molar refractivity (Wildman–Crippen MR) is 273 cm³/mol. The van der Waals surface area contributed by atoms with Crippen LogP contribution in [-0.4, -0.2) is 47.4 Å². The maximum atomic E-state index is 12.4. The van der Waals surface area contributed by atoms with Gasteiger partial charge in [0, 0.05) is 12.8 Å². The van der Waals surface area contributed by atoms with E-state index in [1.807, 2.05) is 6.08 Å². The summed E-state index contributed by atoms with van der Waals surface area (Å²) in [6, 6.07) is -0.645. The minimum absolute atomic E-state index is 0.0314. The smallest absolute Gasteiger partial charge is 0.305 e. The minimum atomic E-state index is -0.860. The fourth-order valence-corrected chi connectivity index (χ4v) is 8.09. The average molecular weight is 884 g/mol. The van der Waals surface area contributed by atoms with Crippen LogP contribution in [0.2, 0.25) is 0 Å². The van der Waals surface area contributed by atoms with Crippen LogP contribution in [0.15, 0.2) is 48.6 Å². The Kier molecular flexibility index (Phi) is 50.6. The average Bonchev–Trinajstić information content (AvgIpc) is 3.28. The van der Waals surface area contributed by atoms with Crippen molar-refractivity contribution in [3.8, 4) is 0 Å². The zero-order valence-electron chi connectivity index (χ0n) is 41.8. The zero-order chi connectivity index (χ0) is 45.8. The van der Waals surface area contributed by atoms with Gasteiger partial charge in [-0.2, -0.15) is 0 Å². The lowest BCUT2D eigenvalue weighted by Gasteiger charge is -2.20. The highest BCUT2D eigenvalue weighted by Gasteiger charge is 2.18. The number of carbonyl (C=O) groups excluding carboxylic acids is 2.